The molecule has 1 aromatic rings. The minimum atomic E-state index is 0.615. The molecule has 2 heterocycles. The van der Waals surface area contributed by atoms with Crippen LogP contribution in [0.4, 0.5) is 5.82 Å². The Morgan fingerprint density at radius 3 is 2.55 bits per heavy atom. The molecule has 5 nitrogen and oxygen atoms in total. The number of rotatable bonds is 5. The summed E-state index contributed by atoms with van der Waals surface area (Å²) >= 11 is 0. The van der Waals surface area contributed by atoms with Crippen LogP contribution in [0.1, 0.15) is 31.0 Å². The summed E-state index contributed by atoms with van der Waals surface area (Å²) in [6.07, 6.45) is 3.38. The first-order chi connectivity index (χ1) is 9.58. The Kier molecular flexibility index (Phi) is 5.05. The van der Waals surface area contributed by atoms with E-state index in [-0.39, 0.29) is 0 Å². The van der Waals surface area contributed by atoms with Crippen molar-refractivity contribution in [3.8, 4) is 0 Å². The molecule has 1 aliphatic heterocycles. The first kappa shape index (κ1) is 15.3. The topological polar surface area (TPSA) is 50.3 Å². The van der Waals surface area contributed by atoms with Gasteiger partial charge in [0.25, 0.3) is 0 Å². The maximum absolute atomic E-state index is 5.76. The lowest BCUT2D eigenvalue weighted by molar-refractivity contribution is 0.220. The largest absolute Gasteiger partial charge is 0.357 e. The molecule has 1 saturated heterocycles. The van der Waals surface area contributed by atoms with E-state index in [1.165, 1.54) is 43.9 Å². The van der Waals surface area contributed by atoms with Crippen LogP contribution in [-0.2, 0) is 13.5 Å². The van der Waals surface area contributed by atoms with Gasteiger partial charge < -0.3 is 15.5 Å². The molecule has 0 radical (unpaired) electrons. The summed E-state index contributed by atoms with van der Waals surface area (Å²) in [4.78, 5) is 4.96. The van der Waals surface area contributed by atoms with Crippen molar-refractivity contribution in [3.05, 3.63) is 11.3 Å². The fraction of sp³-hybridized carbons (Fsp3) is 0.800. The van der Waals surface area contributed by atoms with E-state index >= 15 is 0 Å². The normalized spacial score (nSPS) is 17.6. The molecule has 0 unspecified atom stereocenters. The van der Waals surface area contributed by atoms with Crippen molar-refractivity contribution in [2.24, 2.45) is 12.8 Å². The van der Waals surface area contributed by atoms with Crippen LogP contribution in [0.2, 0.25) is 0 Å². The van der Waals surface area contributed by atoms with Crippen LogP contribution >= 0.6 is 0 Å². The summed E-state index contributed by atoms with van der Waals surface area (Å²) in [5, 5.41) is 4.59. The van der Waals surface area contributed by atoms with Gasteiger partial charge in [-0.25, -0.2) is 0 Å². The molecule has 2 N–H and O–H groups in total. The second kappa shape index (κ2) is 6.59. The van der Waals surface area contributed by atoms with Crippen molar-refractivity contribution in [1.29, 1.82) is 0 Å². The monoisotopic (exact) mass is 279 g/mol. The Morgan fingerprint density at radius 1 is 1.35 bits per heavy atom. The van der Waals surface area contributed by atoms with Gasteiger partial charge in [-0.05, 0) is 39.3 Å². The van der Waals surface area contributed by atoms with Crippen LogP contribution in [0.25, 0.3) is 0 Å². The Morgan fingerprint density at radius 2 is 2.00 bits per heavy atom. The number of nitrogens with two attached hydrogens (primary N) is 1. The summed E-state index contributed by atoms with van der Waals surface area (Å²) < 4.78 is 2.02. The number of piperidine rings is 1. The molecule has 0 aliphatic carbocycles. The number of aromatic nitrogens is 2. The predicted molar refractivity (Wildman–Crippen MR) is 84.2 cm³/mol. The van der Waals surface area contributed by atoms with Crippen LogP contribution in [-0.4, -0.2) is 53.9 Å². The van der Waals surface area contributed by atoms with E-state index in [9.17, 15) is 0 Å². The average Bonchev–Trinajstić information content (AvgIpc) is 2.73. The zero-order chi connectivity index (χ0) is 14.7. The maximum atomic E-state index is 5.76. The van der Waals surface area contributed by atoms with Crippen LogP contribution < -0.4 is 10.6 Å². The lowest BCUT2D eigenvalue weighted by Gasteiger charge is -2.37. The van der Waals surface area contributed by atoms with Crippen molar-refractivity contribution < 1.29 is 0 Å². The fourth-order valence-electron chi connectivity index (χ4n) is 3.36. The minimum absolute atomic E-state index is 0.615. The quantitative estimate of drug-likeness (QED) is 0.878. The first-order valence-corrected chi connectivity index (χ1v) is 7.76. The van der Waals surface area contributed by atoms with E-state index in [2.05, 4.69) is 35.8 Å². The van der Waals surface area contributed by atoms with Gasteiger partial charge in [-0.3, -0.25) is 4.68 Å². The lowest BCUT2D eigenvalue weighted by Crippen LogP contribution is -2.44. The van der Waals surface area contributed by atoms with Crippen LogP contribution in [0.3, 0.4) is 0 Å². The highest BCUT2D eigenvalue weighted by molar-refractivity contribution is 5.50. The first-order valence-electron chi connectivity index (χ1n) is 7.76. The van der Waals surface area contributed by atoms with E-state index in [1.807, 2.05) is 11.7 Å². The predicted octanol–water partition coefficient (Wildman–Crippen LogP) is 1.15. The van der Waals surface area contributed by atoms with E-state index < -0.39 is 0 Å². The SMILES string of the molecule is CCN1CCC(N(C)c2c(CCN)c(C)nn2C)CC1. The molecule has 5 heteroatoms. The molecule has 114 valence electrons. The van der Waals surface area contributed by atoms with E-state index in [4.69, 9.17) is 5.73 Å². The van der Waals surface area contributed by atoms with Crippen molar-refractivity contribution >= 4 is 5.82 Å². The highest BCUT2D eigenvalue weighted by Gasteiger charge is 2.25. The number of aryl methyl sites for hydroxylation is 2. The molecule has 1 aliphatic rings. The minimum Gasteiger partial charge on any atom is -0.357 e. The molecular weight excluding hydrogens is 250 g/mol. The van der Waals surface area contributed by atoms with Gasteiger partial charge in [-0.15, -0.1) is 0 Å². The summed E-state index contributed by atoms with van der Waals surface area (Å²) in [5.41, 5.74) is 8.19. The van der Waals surface area contributed by atoms with Crippen molar-refractivity contribution in [1.82, 2.24) is 14.7 Å². The van der Waals surface area contributed by atoms with Gasteiger partial charge in [0.1, 0.15) is 5.82 Å². The molecule has 20 heavy (non-hydrogen) atoms. The number of nitrogens with zero attached hydrogens (tertiary/aromatic N) is 4. The van der Waals surface area contributed by atoms with Gasteiger partial charge in [-0.2, -0.15) is 5.10 Å². The molecule has 0 amide bonds. The van der Waals surface area contributed by atoms with E-state index in [0.717, 1.165) is 12.1 Å². The van der Waals surface area contributed by atoms with E-state index in [0.29, 0.717) is 12.6 Å². The van der Waals surface area contributed by atoms with Crippen LogP contribution in [0.5, 0.6) is 0 Å². The molecule has 0 atom stereocenters. The smallest absolute Gasteiger partial charge is 0.130 e. The zero-order valence-electron chi connectivity index (χ0n) is 13.4. The lowest BCUT2D eigenvalue weighted by atomic mass is 10.0. The molecule has 1 fully saturated rings. The van der Waals surface area contributed by atoms with Crippen molar-refractivity contribution in [2.75, 3.05) is 38.1 Å². The molecule has 0 spiro atoms. The Hall–Kier alpha value is -1.07. The molecule has 0 saturated carbocycles. The van der Waals surface area contributed by atoms with Gasteiger partial charge in [0.15, 0.2) is 0 Å². The van der Waals surface area contributed by atoms with Gasteiger partial charge in [0.05, 0.1) is 5.69 Å². The van der Waals surface area contributed by atoms with Gasteiger partial charge in [-0.1, -0.05) is 6.92 Å². The van der Waals surface area contributed by atoms with Crippen molar-refractivity contribution in [2.45, 2.75) is 39.2 Å². The molecular formula is C15H29N5. The highest BCUT2D eigenvalue weighted by atomic mass is 15.4. The number of anilines is 1. The fourth-order valence-corrected chi connectivity index (χ4v) is 3.36. The molecule has 1 aromatic heterocycles. The van der Waals surface area contributed by atoms with Gasteiger partial charge in [0, 0.05) is 38.8 Å². The molecule has 2 rings (SSSR count). The van der Waals surface area contributed by atoms with Crippen molar-refractivity contribution in [3.63, 3.8) is 0 Å². The summed E-state index contributed by atoms with van der Waals surface area (Å²) in [6.45, 7) is 8.58. The zero-order valence-corrected chi connectivity index (χ0v) is 13.4. The third-order valence-electron chi connectivity index (χ3n) is 4.59. The number of hydrogen-bond donors (Lipinski definition) is 1. The third kappa shape index (κ3) is 2.99. The second-order valence-electron chi connectivity index (χ2n) is 5.83. The number of hydrogen-bond acceptors (Lipinski definition) is 4. The molecule has 0 bridgehead atoms. The average molecular weight is 279 g/mol. The standard InChI is InChI=1S/C15H29N5/c1-5-20-10-7-13(8-11-20)18(3)15-14(6-9-16)12(2)17-19(15)4/h13H,5-11,16H2,1-4H3. The van der Waals surface area contributed by atoms with Crippen LogP contribution in [0, 0.1) is 6.92 Å². The summed E-state index contributed by atoms with van der Waals surface area (Å²) in [7, 11) is 4.25. The summed E-state index contributed by atoms with van der Waals surface area (Å²) in [6, 6.07) is 0.615. The van der Waals surface area contributed by atoms with Gasteiger partial charge in [0.2, 0.25) is 0 Å². The summed E-state index contributed by atoms with van der Waals surface area (Å²) in [5.74, 6) is 1.25. The maximum Gasteiger partial charge on any atom is 0.130 e. The molecule has 0 aromatic carbocycles. The van der Waals surface area contributed by atoms with E-state index in [1.54, 1.807) is 0 Å². The highest BCUT2D eigenvalue weighted by Crippen LogP contribution is 2.27. The number of likely N-dealkylation sites (tertiary alicyclic amines) is 1. The second-order valence-corrected chi connectivity index (χ2v) is 5.83. The Balaban J connectivity index is 2.15. The Labute approximate surface area is 122 Å². The van der Waals surface area contributed by atoms with Gasteiger partial charge >= 0.3 is 0 Å². The van der Waals surface area contributed by atoms with Crippen LogP contribution in [0.15, 0.2) is 0 Å². The third-order valence-corrected chi connectivity index (χ3v) is 4.59. The Bertz CT molecular complexity index is 432.